The predicted octanol–water partition coefficient (Wildman–Crippen LogP) is 4.47. The molecule has 0 saturated carbocycles. The number of hydrogen-bond acceptors (Lipinski definition) is 2. The third-order valence-corrected chi connectivity index (χ3v) is 3.43. The Bertz CT molecular complexity index is 506. The highest BCUT2D eigenvalue weighted by molar-refractivity contribution is 9.09. The molecule has 0 spiro atoms. The van der Waals surface area contributed by atoms with Crippen LogP contribution in [0.25, 0.3) is 0 Å². The number of aliphatic hydroxyl groups is 1. The molecule has 100 valence electrons. The molecule has 1 unspecified atom stereocenters. The average molecular weight is 321 g/mol. The van der Waals surface area contributed by atoms with Gasteiger partial charge in [0.25, 0.3) is 0 Å². The minimum Gasteiger partial charge on any atom is -0.457 e. The highest BCUT2D eigenvalue weighted by Gasteiger charge is 2.21. The Morgan fingerprint density at radius 1 is 1.00 bits per heavy atom. The average Bonchev–Trinajstić information content (AvgIpc) is 2.40. The Morgan fingerprint density at radius 2 is 1.58 bits per heavy atom. The van der Waals surface area contributed by atoms with E-state index in [1.54, 1.807) is 0 Å². The topological polar surface area (TPSA) is 29.5 Å². The lowest BCUT2D eigenvalue weighted by Gasteiger charge is -2.23. The SMILES string of the molecule is CC(O)(CCBr)c1ccc(Oc2ccccc2)cc1. The molecule has 0 fully saturated rings. The number of rotatable bonds is 5. The summed E-state index contributed by atoms with van der Waals surface area (Å²) in [7, 11) is 0. The van der Waals surface area contributed by atoms with Crippen LogP contribution >= 0.6 is 15.9 Å². The molecular weight excluding hydrogens is 304 g/mol. The van der Waals surface area contributed by atoms with Gasteiger partial charge in [-0.3, -0.25) is 0 Å². The minimum absolute atomic E-state index is 0.673. The smallest absolute Gasteiger partial charge is 0.127 e. The van der Waals surface area contributed by atoms with Crippen LogP contribution in [0.4, 0.5) is 0 Å². The number of hydrogen-bond donors (Lipinski definition) is 1. The van der Waals surface area contributed by atoms with Gasteiger partial charge in [-0.2, -0.15) is 0 Å². The van der Waals surface area contributed by atoms with E-state index in [9.17, 15) is 5.11 Å². The van der Waals surface area contributed by atoms with Gasteiger partial charge in [-0.15, -0.1) is 0 Å². The number of benzene rings is 2. The first-order valence-electron chi connectivity index (χ1n) is 6.23. The normalized spacial score (nSPS) is 13.8. The summed E-state index contributed by atoms with van der Waals surface area (Å²) in [4.78, 5) is 0. The first-order valence-corrected chi connectivity index (χ1v) is 7.36. The van der Waals surface area contributed by atoms with E-state index in [0.717, 1.165) is 22.4 Å². The van der Waals surface area contributed by atoms with Crippen molar-refractivity contribution in [2.24, 2.45) is 0 Å². The van der Waals surface area contributed by atoms with Crippen molar-refractivity contribution in [3.63, 3.8) is 0 Å². The van der Waals surface area contributed by atoms with Crippen LogP contribution in [-0.4, -0.2) is 10.4 Å². The summed E-state index contributed by atoms with van der Waals surface area (Å²) in [5.41, 5.74) is 0.0850. The van der Waals surface area contributed by atoms with Gasteiger partial charge in [0, 0.05) is 5.33 Å². The second kappa shape index (κ2) is 6.22. The largest absolute Gasteiger partial charge is 0.457 e. The van der Waals surface area contributed by atoms with Crippen LogP contribution in [0.2, 0.25) is 0 Å². The van der Waals surface area contributed by atoms with E-state index in [0.29, 0.717) is 6.42 Å². The standard InChI is InChI=1S/C16H17BrO2/c1-16(18,11-12-17)13-7-9-15(10-8-13)19-14-5-3-2-4-6-14/h2-10,18H,11-12H2,1H3. The van der Waals surface area contributed by atoms with Crippen LogP contribution in [-0.2, 0) is 5.60 Å². The van der Waals surface area contributed by atoms with Crippen molar-refractivity contribution >= 4 is 15.9 Å². The fraction of sp³-hybridized carbons (Fsp3) is 0.250. The van der Waals surface area contributed by atoms with Crippen LogP contribution < -0.4 is 4.74 Å². The van der Waals surface area contributed by atoms with Gasteiger partial charge >= 0.3 is 0 Å². The van der Waals surface area contributed by atoms with Gasteiger partial charge in [-0.25, -0.2) is 0 Å². The van der Waals surface area contributed by atoms with Crippen LogP contribution in [0, 0.1) is 0 Å². The molecule has 0 radical (unpaired) electrons. The van der Waals surface area contributed by atoms with Crippen molar-refractivity contribution in [1.29, 1.82) is 0 Å². The first kappa shape index (κ1) is 14.1. The lowest BCUT2D eigenvalue weighted by molar-refractivity contribution is 0.0546. The number of halogens is 1. The van der Waals surface area contributed by atoms with Gasteiger partial charge < -0.3 is 9.84 Å². The van der Waals surface area contributed by atoms with E-state index < -0.39 is 5.60 Å². The summed E-state index contributed by atoms with van der Waals surface area (Å²) in [5.74, 6) is 1.58. The Morgan fingerprint density at radius 3 is 2.16 bits per heavy atom. The molecule has 2 rings (SSSR count). The van der Waals surface area contributed by atoms with Gasteiger partial charge in [-0.05, 0) is 43.2 Å². The van der Waals surface area contributed by atoms with E-state index in [1.807, 2.05) is 61.5 Å². The second-order valence-electron chi connectivity index (χ2n) is 4.65. The molecular formula is C16H17BrO2. The molecule has 1 atom stereocenters. The summed E-state index contributed by atoms with van der Waals surface area (Å²) in [6.45, 7) is 1.82. The molecule has 1 N–H and O–H groups in total. The Labute approximate surface area is 122 Å². The summed E-state index contributed by atoms with van der Waals surface area (Å²) in [5, 5.41) is 11.1. The third kappa shape index (κ3) is 3.82. The van der Waals surface area contributed by atoms with E-state index in [-0.39, 0.29) is 0 Å². The summed E-state index contributed by atoms with van der Waals surface area (Å²) in [6, 6.07) is 17.2. The lowest BCUT2D eigenvalue weighted by Crippen LogP contribution is -2.21. The maximum Gasteiger partial charge on any atom is 0.127 e. The van der Waals surface area contributed by atoms with Gasteiger partial charge in [0.1, 0.15) is 11.5 Å². The zero-order valence-corrected chi connectivity index (χ0v) is 12.4. The van der Waals surface area contributed by atoms with Gasteiger partial charge in [0.15, 0.2) is 0 Å². The maximum absolute atomic E-state index is 10.3. The second-order valence-corrected chi connectivity index (χ2v) is 5.45. The van der Waals surface area contributed by atoms with E-state index >= 15 is 0 Å². The van der Waals surface area contributed by atoms with Crippen LogP contribution in [0.3, 0.4) is 0 Å². The Kier molecular flexibility index (Phi) is 4.61. The number of para-hydroxylation sites is 1. The molecule has 0 aliphatic rings. The molecule has 19 heavy (non-hydrogen) atoms. The minimum atomic E-state index is -0.811. The summed E-state index contributed by atoms with van der Waals surface area (Å²) < 4.78 is 5.72. The molecule has 0 bridgehead atoms. The predicted molar refractivity (Wildman–Crippen MR) is 80.9 cm³/mol. The zero-order valence-electron chi connectivity index (χ0n) is 10.8. The highest BCUT2D eigenvalue weighted by atomic mass is 79.9. The quantitative estimate of drug-likeness (QED) is 0.823. The molecule has 2 aromatic rings. The van der Waals surface area contributed by atoms with Crippen molar-refractivity contribution in [2.45, 2.75) is 18.9 Å². The number of alkyl halides is 1. The van der Waals surface area contributed by atoms with Crippen LogP contribution in [0.15, 0.2) is 54.6 Å². The van der Waals surface area contributed by atoms with Crippen molar-refractivity contribution < 1.29 is 9.84 Å². The Balaban J connectivity index is 2.11. The highest BCUT2D eigenvalue weighted by Crippen LogP contribution is 2.28. The van der Waals surface area contributed by atoms with E-state index in [4.69, 9.17) is 4.74 Å². The fourth-order valence-corrected chi connectivity index (χ4v) is 2.61. The zero-order chi connectivity index (χ0) is 13.7. The molecule has 0 aliphatic heterocycles. The molecule has 0 amide bonds. The van der Waals surface area contributed by atoms with Gasteiger partial charge in [0.05, 0.1) is 5.60 Å². The molecule has 0 saturated heterocycles. The van der Waals surface area contributed by atoms with E-state index in [1.165, 1.54) is 0 Å². The molecule has 3 heteroatoms. The van der Waals surface area contributed by atoms with Crippen molar-refractivity contribution in [3.8, 4) is 11.5 Å². The fourth-order valence-electron chi connectivity index (χ4n) is 1.83. The van der Waals surface area contributed by atoms with Crippen LogP contribution in [0.1, 0.15) is 18.9 Å². The molecule has 0 aliphatic carbocycles. The lowest BCUT2D eigenvalue weighted by atomic mass is 9.93. The maximum atomic E-state index is 10.3. The number of ether oxygens (including phenoxy) is 1. The van der Waals surface area contributed by atoms with Gasteiger partial charge in [-0.1, -0.05) is 46.3 Å². The van der Waals surface area contributed by atoms with Crippen molar-refractivity contribution in [2.75, 3.05) is 5.33 Å². The van der Waals surface area contributed by atoms with Crippen molar-refractivity contribution in [1.82, 2.24) is 0 Å². The van der Waals surface area contributed by atoms with Gasteiger partial charge in [0.2, 0.25) is 0 Å². The molecule has 2 nitrogen and oxygen atoms in total. The molecule has 2 aromatic carbocycles. The summed E-state index contributed by atoms with van der Waals surface area (Å²) in [6.07, 6.45) is 0.673. The van der Waals surface area contributed by atoms with E-state index in [2.05, 4.69) is 15.9 Å². The monoisotopic (exact) mass is 320 g/mol. The molecule has 0 heterocycles. The first-order chi connectivity index (χ1) is 9.12. The van der Waals surface area contributed by atoms with Crippen molar-refractivity contribution in [3.05, 3.63) is 60.2 Å². The Hall–Kier alpha value is -1.32. The van der Waals surface area contributed by atoms with Crippen LogP contribution in [0.5, 0.6) is 11.5 Å². The third-order valence-electron chi connectivity index (χ3n) is 3.04. The summed E-state index contributed by atoms with van der Waals surface area (Å²) >= 11 is 3.36. The molecule has 0 aromatic heterocycles.